The number of halogens is 5. The summed E-state index contributed by atoms with van der Waals surface area (Å²) in [5.41, 5.74) is 4.56. The summed E-state index contributed by atoms with van der Waals surface area (Å²) >= 11 is 6.41. The molecule has 1 aliphatic heterocycles. The third kappa shape index (κ3) is 4.81. The lowest BCUT2D eigenvalue weighted by atomic mass is 9.53. The normalized spacial score (nSPS) is 26.3. The molecule has 41 heavy (non-hydrogen) atoms. The van der Waals surface area contributed by atoms with Crippen LogP contribution < -0.4 is 20.5 Å². The molecule has 1 heterocycles. The van der Waals surface area contributed by atoms with Crippen LogP contribution in [0.3, 0.4) is 0 Å². The molecule has 0 aromatic heterocycles. The number of amides is 1. The zero-order valence-corrected chi connectivity index (χ0v) is 22.5. The molecule has 0 unspecified atom stereocenters. The van der Waals surface area contributed by atoms with Gasteiger partial charge in [-0.1, -0.05) is 41.9 Å². The molecule has 3 aromatic rings. The van der Waals surface area contributed by atoms with Crippen LogP contribution in [0.5, 0.6) is 11.5 Å². The predicted octanol–water partition coefficient (Wildman–Crippen LogP) is 5.71. The first-order valence-corrected chi connectivity index (χ1v) is 13.6. The Balaban J connectivity index is 1.42. The molecule has 6 nitrogen and oxygen atoms in total. The Kier molecular flexibility index (Phi) is 6.91. The molecule has 216 valence electrons. The Morgan fingerprint density at radius 3 is 2.46 bits per heavy atom. The SMILES string of the molecule is NC(=O)c1ccc(OC(F)F)c(F)c1-c1c(Cl)c(F)cc2c1C[C@@](CNC1CC3(CC(O)C3)C1)(c1ccccc1)O2. The van der Waals surface area contributed by atoms with E-state index in [0.29, 0.717) is 12.1 Å². The number of hydrogen-bond acceptors (Lipinski definition) is 5. The molecule has 0 radical (unpaired) electrons. The maximum Gasteiger partial charge on any atom is 0.387 e. The van der Waals surface area contributed by atoms with E-state index in [1.165, 1.54) is 0 Å². The fourth-order valence-corrected chi connectivity index (χ4v) is 6.97. The Bertz CT molecular complexity index is 1510. The summed E-state index contributed by atoms with van der Waals surface area (Å²) in [7, 11) is 0. The number of fused-ring (bicyclic) bond motifs is 1. The van der Waals surface area contributed by atoms with Crippen LogP contribution in [-0.4, -0.2) is 36.3 Å². The van der Waals surface area contributed by atoms with E-state index in [1.54, 1.807) is 0 Å². The van der Waals surface area contributed by atoms with Crippen LogP contribution in [0.2, 0.25) is 5.02 Å². The van der Waals surface area contributed by atoms with Crippen molar-refractivity contribution in [2.45, 2.75) is 56.5 Å². The van der Waals surface area contributed by atoms with Crippen molar-refractivity contribution in [1.29, 1.82) is 0 Å². The van der Waals surface area contributed by atoms with E-state index in [4.69, 9.17) is 22.1 Å². The number of carbonyl (C=O) groups excluding carboxylic acids is 1. The van der Waals surface area contributed by atoms with Gasteiger partial charge in [-0.15, -0.1) is 0 Å². The first-order chi connectivity index (χ1) is 19.5. The maximum atomic E-state index is 15.8. The van der Waals surface area contributed by atoms with Crippen molar-refractivity contribution in [3.63, 3.8) is 0 Å². The quantitative estimate of drug-likeness (QED) is 0.292. The summed E-state index contributed by atoms with van der Waals surface area (Å²) in [5, 5.41) is 12.8. The van der Waals surface area contributed by atoms with Crippen molar-refractivity contribution >= 4 is 17.5 Å². The van der Waals surface area contributed by atoms with Gasteiger partial charge in [-0.3, -0.25) is 4.79 Å². The van der Waals surface area contributed by atoms with Crippen LogP contribution in [0.4, 0.5) is 17.6 Å². The second-order valence-corrected chi connectivity index (χ2v) is 11.6. The number of aliphatic hydroxyl groups excluding tert-OH is 1. The van der Waals surface area contributed by atoms with Gasteiger partial charge in [0, 0.05) is 41.8 Å². The van der Waals surface area contributed by atoms with Crippen molar-refractivity contribution in [3.05, 3.63) is 81.9 Å². The van der Waals surface area contributed by atoms with Crippen LogP contribution in [0.1, 0.15) is 47.2 Å². The van der Waals surface area contributed by atoms with E-state index >= 15 is 8.78 Å². The van der Waals surface area contributed by atoms with Crippen molar-refractivity contribution in [1.82, 2.24) is 5.32 Å². The number of nitrogens with one attached hydrogen (secondary N) is 1. The van der Waals surface area contributed by atoms with Crippen LogP contribution in [-0.2, 0) is 12.0 Å². The molecule has 2 saturated carbocycles. The number of nitrogens with two attached hydrogens (primary N) is 1. The summed E-state index contributed by atoms with van der Waals surface area (Å²) < 4.78 is 67.8. The van der Waals surface area contributed by atoms with Gasteiger partial charge in [-0.2, -0.15) is 8.78 Å². The Hall–Kier alpha value is -3.34. The molecule has 3 aromatic carbocycles. The maximum absolute atomic E-state index is 15.8. The summed E-state index contributed by atoms with van der Waals surface area (Å²) in [4.78, 5) is 12.3. The van der Waals surface area contributed by atoms with Crippen LogP contribution in [0, 0.1) is 17.0 Å². The lowest BCUT2D eigenvalue weighted by Crippen LogP contribution is -2.58. The molecule has 0 saturated heterocycles. The zero-order chi connectivity index (χ0) is 29.1. The van der Waals surface area contributed by atoms with E-state index in [-0.39, 0.29) is 40.9 Å². The highest BCUT2D eigenvalue weighted by Gasteiger charge is 2.53. The fraction of sp³-hybridized carbons (Fsp3) is 0.367. The topological polar surface area (TPSA) is 93.8 Å². The molecule has 2 fully saturated rings. The monoisotopic (exact) mass is 590 g/mol. The minimum atomic E-state index is -3.35. The van der Waals surface area contributed by atoms with Gasteiger partial charge in [-0.05, 0) is 48.8 Å². The number of aliphatic hydroxyl groups is 1. The molecule has 4 N–H and O–H groups in total. The van der Waals surface area contributed by atoms with Gasteiger partial charge in [0.25, 0.3) is 0 Å². The summed E-state index contributed by atoms with van der Waals surface area (Å²) in [5.74, 6) is -4.10. The largest absolute Gasteiger partial charge is 0.480 e. The van der Waals surface area contributed by atoms with Gasteiger partial charge in [0.15, 0.2) is 17.2 Å². The number of primary amides is 1. The van der Waals surface area contributed by atoms with Gasteiger partial charge >= 0.3 is 6.61 Å². The van der Waals surface area contributed by atoms with Crippen molar-refractivity contribution < 1.29 is 36.9 Å². The van der Waals surface area contributed by atoms with E-state index in [9.17, 15) is 18.7 Å². The van der Waals surface area contributed by atoms with Crippen molar-refractivity contribution in [2.24, 2.45) is 11.1 Å². The van der Waals surface area contributed by atoms with Crippen molar-refractivity contribution in [3.8, 4) is 22.6 Å². The highest BCUT2D eigenvalue weighted by atomic mass is 35.5. The highest BCUT2D eigenvalue weighted by Crippen LogP contribution is 2.56. The van der Waals surface area contributed by atoms with Crippen LogP contribution in [0.25, 0.3) is 11.1 Å². The first-order valence-electron chi connectivity index (χ1n) is 13.3. The molecular weight excluding hydrogens is 564 g/mol. The summed E-state index contributed by atoms with van der Waals surface area (Å²) in [6.45, 7) is -3.03. The molecule has 3 aliphatic rings. The van der Waals surface area contributed by atoms with Gasteiger partial charge in [-0.25, -0.2) is 8.78 Å². The Morgan fingerprint density at radius 1 is 1.12 bits per heavy atom. The Labute approximate surface area is 238 Å². The average Bonchev–Trinajstić information content (AvgIpc) is 3.26. The smallest absolute Gasteiger partial charge is 0.387 e. The minimum absolute atomic E-state index is 0.0785. The van der Waals surface area contributed by atoms with Gasteiger partial charge in [0.2, 0.25) is 5.91 Å². The molecule has 0 bridgehead atoms. The van der Waals surface area contributed by atoms with Crippen LogP contribution >= 0.6 is 11.6 Å². The van der Waals surface area contributed by atoms with Crippen molar-refractivity contribution in [2.75, 3.05) is 6.54 Å². The third-order valence-electron chi connectivity index (χ3n) is 8.56. The first kappa shape index (κ1) is 27.8. The number of carbonyl (C=O) groups is 1. The molecule has 1 spiro atoms. The van der Waals surface area contributed by atoms with Gasteiger partial charge in [0.1, 0.15) is 11.6 Å². The number of hydrogen-bond donors (Lipinski definition) is 3. The van der Waals surface area contributed by atoms with Gasteiger partial charge in [0.05, 0.1) is 16.7 Å². The number of benzene rings is 3. The van der Waals surface area contributed by atoms with E-state index in [1.807, 2.05) is 30.3 Å². The predicted molar refractivity (Wildman–Crippen MR) is 143 cm³/mol. The number of rotatable bonds is 8. The second kappa shape index (κ2) is 10.2. The lowest BCUT2D eigenvalue weighted by molar-refractivity contribution is -0.0992. The summed E-state index contributed by atoms with van der Waals surface area (Å²) in [6, 6.07) is 12.4. The summed E-state index contributed by atoms with van der Waals surface area (Å²) in [6.07, 6.45) is 3.27. The molecule has 6 rings (SSSR count). The fourth-order valence-electron chi connectivity index (χ4n) is 6.71. The zero-order valence-electron chi connectivity index (χ0n) is 21.7. The molecule has 1 amide bonds. The molecular formula is C30H27ClF4N2O4. The second-order valence-electron chi connectivity index (χ2n) is 11.3. The van der Waals surface area contributed by atoms with E-state index < -0.39 is 46.1 Å². The number of alkyl halides is 2. The molecule has 11 heteroatoms. The third-order valence-corrected chi connectivity index (χ3v) is 8.93. The average molecular weight is 591 g/mol. The van der Waals surface area contributed by atoms with Gasteiger partial charge < -0.3 is 25.6 Å². The van der Waals surface area contributed by atoms with E-state index in [0.717, 1.165) is 49.4 Å². The minimum Gasteiger partial charge on any atom is -0.480 e. The molecule has 2 aliphatic carbocycles. The lowest BCUT2D eigenvalue weighted by Gasteiger charge is -2.56. The van der Waals surface area contributed by atoms with E-state index in [2.05, 4.69) is 10.1 Å². The van der Waals surface area contributed by atoms with Crippen LogP contribution in [0.15, 0.2) is 48.5 Å². The Morgan fingerprint density at radius 2 is 1.83 bits per heavy atom. The standard InChI is InChI=1S/C30H27ClF4N2O4/c31-25-20(32)8-22-19(23(25)24-18(27(36)39)6-7-21(26(24)33)40-28(34)35)13-30(41-22,15-4-2-1-3-5-15)14-37-16-9-29(10-16)11-17(38)12-29/h1-8,16-17,28,37-38H,9-14H2,(H2,36,39)/t16?,17?,29?,30-/m1/s1. The highest BCUT2D eigenvalue weighted by molar-refractivity contribution is 6.34. The number of ether oxygens (including phenoxy) is 2. The molecule has 1 atom stereocenters.